The predicted octanol–water partition coefficient (Wildman–Crippen LogP) is 6.06. The first kappa shape index (κ1) is 19.3. The number of allylic oxidation sites excluding steroid dienone is 4. The lowest BCUT2D eigenvalue weighted by atomic mass is 9.89. The lowest BCUT2D eigenvalue weighted by Gasteiger charge is -2.17. The Balaban J connectivity index is 1.55. The number of benzene rings is 1. The van der Waals surface area contributed by atoms with Crippen LogP contribution in [0.5, 0.6) is 0 Å². The van der Waals surface area contributed by atoms with Crippen molar-refractivity contribution in [3.05, 3.63) is 87.1 Å². The van der Waals surface area contributed by atoms with E-state index < -0.39 is 0 Å². The molecule has 1 amide bonds. The van der Waals surface area contributed by atoms with Crippen LogP contribution in [-0.4, -0.2) is 15.9 Å². The summed E-state index contributed by atoms with van der Waals surface area (Å²) in [6.07, 6.45) is 7.67. The molecule has 2 aromatic heterocycles. The van der Waals surface area contributed by atoms with Crippen LogP contribution in [0, 0.1) is 13.8 Å². The summed E-state index contributed by atoms with van der Waals surface area (Å²) in [7, 11) is 0. The number of aromatic nitrogens is 2. The highest BCUT2D eigenvalue weighted by atomic mass is 32.1. The SMILES string of the molecule is CC1=C(c2ccc(NC(=O)c3ccncc3C)cc2)C=C(c2nc(C)cs2)CC1. The van der Waals surface area contributed by atoms with Gasteiger partial charge in [-0.05, 0) is 80.2 Å². The van der Waals surface area contributed by atoms with E-state index in [0.29, 0.717) is 5.56 Å². The molecule has 0 saturated carbocycles. The number of amides is 1. The summed E-state index contributed by atoms with van der Waals surface area (Å²) in [6.45, 7) is 6.11. The molecule has 4 rings (SSSR count). The average Bonchev–Trinajstić information content (AvgIpc) is 3.16. The van der Waals surface area contributed by atoms with E-state index in [1.807, 2.05) is 26.0 Å². The van der Waals surface area contributed by atoms with Crippen LogP contribution in [-0.2, 0) is 0 Å². The van der Waals surface area contributed by atoms with Gasteiger partial charge in [-0.25, -0.2) is 4.98 Å². The summed E-state index contributed by atoms with van der Waals surface area (Å²) >= 11 is 1.71. The molecule has 0 bridgehead atoms. The van der Waals surface area contributed by atoms with Crippen molar-refractivity contribution in [3.63, 3.8) is 0 Å². The van der Waals surface area contributed by atoms with Crippen LogP contribution >= 0.6 is 11.3 Å². The molecule has 29 heavy (non-hydrogen) atoms. The first-order chi connectivity index (χ1) is 14.0. The number of nitrogens with one attached hydrogen (secondary N) is 1. The summed E-state index contributed by atoms with van der Waals surface area (Å²) in [6, 6.07) is 9.79. The molecule has 0 aliphatic heterocycles. The van der Waals surface area contributed by atoms with Crippen molar-refractivity contribution in [1.82, 2.24) is 9.97 Å². The normalized spacial score (nSPS) is 14.0. The number of carbonyl (C=O) groups is 1. The summed E-state index contributed by atoms with van der Waals surface area (Å²) in [5.41, 5.74) is 8.45. The molecule has 3 aromatic rings. The second kappa shape index (κ2) is 8.13. The minimum absolute atomic E-state index is 0.118. The van der Waals surface area contributed by atoms with Gasteiger partial charge in [0.1, 0.15) is 5.01 Å². The van der Waals surface area contributed by atoms with Gasteiger partial charge in [-0.3, -0.25) is 9.78 Å². The standard InChI is InChI=1S/C24H23N3OS/c1-15-4-5-19(24-26-17(3)14-29-24)12-22(15)18-6-8-20(9-7-18)27-23(28)21-10-11-25-13-16(21)2/h6-14H,4-5H2,1-3H3,(H,27,28). The first-order valence-electron chi connectivity index (χ1n) is 9.66. The van der Waals surface area contributed by atoms with Crippen LogP contribution in [0.4, 0.5) is 5.69 Å². The molecular formula is C24H23N3OS. The second-order valence-electron chi connectivity index (χ2n) is 7.38. The molecule has 1 aliphatic carbocycles. The first-order valence-corrected chi connectivity index (χ1v) is 10.5. The topological polar surface area (TPSA) is 54.9 Å². The van der Waals surface area contributed by atoms with Gasteiger partial charge >= 0.3 is 0 Å². The second-order valence-corrected chi connectivity index (χ2v) is 8.24. The highest BCUT2D eigenvalue weighted by Crippen LogP contribution is 2.36. The minimum Gasteiger partial charge on any atom is -0.322 e. The molecule has 2 heterocycles. The molecule has 0 fully saturated rings. The number of hydrogen-bond acceptors (Lipinski definition) is 4. The zero-order valence-electron chi connectivity index (χ0n) is 16.8. The lowest BCUT2D eigenvalue weighted by molar-refractivity contribution is 0.102. The van der Waals surface area contributed by atoms with Crippen molar-refractivity contribution in [3.8, 4) is 0 Å². The fraction of sp³-hybridized carbons (Fsp3) is 0.208. The largest absolute Gasteiger partial charge is 0.322 e. The minimum atomic E-state index is -0.118. The Morgan fingerprint density at radius 3 is 2.55 bits per heavy atom. The number of anilines is 1. The molecule has 1 aromatic carbocycles. The highest BCUT2D eigenvalue weighted by Gasteiger charge is 2.16. The number of nitrogens with zero attached hydrogens (tertiary/aromatic N) is 2. The van der Waals surface area contributed by atoms with E-state index in [0.717, 1.165) is 40.4 Å². The summed E-state index contributed by atoms with van der Waals surface area (Å²) < 4.78 is 0. The average molecular weight is 402 g/mol. The van der Waals surface area contributed by atoms with E-state index in [-0.39, 0.29) is 5.91 Å². The summed E-state index contributed by atoms with van der Waals surface area (Å²) in [5, 5.41) is 6.19. The summed E-state index contributed by atoms with van der Waals surface area (Å²) in [4.78, 5) is 21.2. The summed E-state index contributed by atoms with van der Waals surface area (Å²) in [5.74, 6) is -0.118. The third-order valence-electron chi connectivity index (χ3n) is 5.16. The van der Waals surface area contributed by atoms with Crippen LogP contribution < -0.4 is 5.32 Å². The Morgan fingerprint density at radius 2 is 1.86 bits per heavy atom. The number of pyridine rings is 1. The van der Waals surface area contributed by atoms with E-state index in [2.05, 4.69) is 45.8 Å². The molecular weight excluding hydrogens is 378 g/mol. The smallest absolute Gasteiger partial charge is 0.256 e. The van der Waals surface area contributed by atoms with Gasteiger partial charge in [-0.1, -0.05) is 17.7 Å². The Morgan fingerprint density at radius 1 is 1.07 bits per heavy atom. The molecule has 0 radical (unpaired) electrons. The maximum Gasteiger partial charge on any atom is 0.256 e. The van der Waals surface area contributed by atoms with Crippen molar-refractivity contribution >= 4 is 34.1 Å². The molecule has 0 atom stereocenters. The quantitative estimate of drug-likeness (QED) is 0.578. The number of aryl methyl sites for hydroxylation is 2. The maximum absolute atomic E-state index is 12.5. The molecule has 146 valence electrons. The van der Waals surface area contributed by atoms with Crippen molar-refractivity contribution in [2.75, 3.05) is 5.32 Å². The van der Waals surface area contributed by atoms with Gasteiger partial charge in [0, 0.05) is 34.7 Å². The molecule has 1 aliphatic rings. The van der Waals surface area contributed by atoms with Gasteiger partial charge in [0.15, 0.2) is 0 Å². The fourth-order valence-electron chi connectivity index (χ4n) is 3.49. The van der Waals surface area contributed by atoms with E-state index >= 15 is 0 Å². The highest BCUT2D eigenvalue weighted by molar-refractivity contribution is 7.10. The molecule has 1 N–H and O–H groups in total. The number of thiazole rings is 1. The van der Waals surface area contributed by atoms with Crippen molar-refractivity contribution in [1.29, 1.82) is 0 Å². The van der Waals surface area contributed by atoms with E-state index in [1.54, 1.807) is 29.8 Å². The Kier molecular flexibility index (Phi) is 5.41. The molecule has 0 spiro atoms. The van der Waals surface area contributed by atoms with E-state index in [1.165, 1.54) is 16.7 Å². The molecule has 0 unspecified atom stereocenters. The zero-order valence-corrected chi connectivity index (χ0v) is 17.6. The number of hydrogen-bond donors (Lipinski definition) is 1. The monoisotopic (exact) mass is 401 g/mol. The van der Waals surface area contributed by atoms with Gasteiger partial charge in [0.05, 0.1) is 0 Å². The zero-order chi connectivity index (χ0) is 20.4. The van der Waals surface area contributed by atoms with Gasteiger partial charge < -0.3 is 5.32 Å². The Bertz CT molecular complexity index is 1120. The van der Waals surface area contributed by atoms with Crippen LogP contribution in [0.1, 0.15) is 52.0 Å². The molecule has 0 saturated heterocycles. The molecule has 4 nitrogen and oxygen atoms in total. The van der Waals surface area contributed by atoms with Gasteiger partial charge in [-0.2, -0.15) is 0 Å². The predicted molar refractivity (Wildman–Crippen MR) is 120 cm³/mol. The van der Waals surface area contributed by atoms with Crippen LogP contribution in [0.3, 0.4) is 0 Å². The van der Waals surface area contributed by atoms with Crippen LogP contribution in [0.2, 0.25) is 0 Å². The van der Waals surface area contributed by atoms with Crippen molar-refractivity contribution in [2.24, 2.45) is 0 Å². The Labute approximate surface area is 175 Å². The van der Waals surface area contributed by atoms with Crippen molar-refractivity contribution in [2.45, 2.75) is 33.6 Å². The van der Waals surface area contributed by atoms with Crippen molar-refractivity contribution < 1.29 is 4.79 Å². The number of rotatable bonds is 4. The van der Waals surface area contributed by atoms with E-state index in [4.69, 9.17) is 0 Å². The Hall–Kier alpha value is -3.05. The van der Waals surface area contributed by atoms with Gasteiger partial charge in [-0.15, -0.1) is 11.3 Å². The third-order valence-corrected chi connectivity index (χ3v) is 6.20. The van der Waals surface area contributed by atoms with Gasteiger partial charge in [0.25, 0.3) is 5.91 Å². The maximum atomic E-state index is 12.5. The fourth-order valence-corrected chi connectivity index (χ4v) is 4.33. The van der Waals surface area contributed by atoms with Crippen LogP contribution in [0.15, 0.2) is 59.8 Å². The van der Waals surface area contributed by atoms with Gasteiger partial charge in [0.2, 0.25) is 0 Å². The van der Waals surface area contributed by atoms with Crippen LogP contribution in [0.25, 0.3) is 11.1 Å². The number of carbonyl (C=O) groups excluding carboxylic acids is 1. The molecule has 5 heteroatoms. The third kappa shape index (κ3) is 4.20. The van der Waals surface area contributed by atoms with E-state index in [9.17, 15) is 4.79 Å². The lowest BCUT2D eigenvalue weighted by Crippen LogP contribution is -2.13.